The van der Waals surface area contributed by atoms with Crippen LogP contribution in [0.4, 0.5) is 4.39 Å². The first kappa shape index (κ1) is 11.9. The van der Waals surface area contributed by atoms with Crippen LogP contribution in [0.2, 0.25) is 0 Å². The molecule has 0 aliphatic rings. The van der Waals surface area contributed by atoms with Crippen LogP contribution in [0.5, 0.6) is 0 Å². The number of ether oxygens (including phenoxy) is 1. The van der Waals surface area contributed by atoms with E-state index < -0.39 is 11.8 Å². The minimum Gasteiger partial charge on any atom is -0.465 e. The summed E-state index contributed by atoms with van der Waals surface area (Å²) < 4.78 is 18.1. The lowest BCUT2D eigenvalue weighted by Gasteiger charge is -2.01. The van der Waals surface area contributed by atoms with Crippen LogP contribution < -0.4 is 0 Å². The molecular weight excluding hydrogens is 211 g/mol. The van der Waals surface area contributed by atoms with E-state index in [9.17, 15) is 14.0 Å². The smallest absolute Gasteiger partial charge is 0.340 e. The van der Waals surface area contributed by atoms with Gasteiger partial charge < -0.3 is 9.53 Å². The highest BCUT2D eigenvalue weighted by molar-refractivity contribution is 5.90. The summed E-state index contributed by atoms with van der Waals surface area (Å²) in [6.07, 6.45) is 0.650. The summed E-state index contributed by atoms with van der Waals surface area (Å²) >= 11 is 0. The number of methoxy groups -OCH3 is 1. The second-order valence-corrected chi connectivity index (χ2v) is 2.83. The molecule has 0 aliphatic carbocycles. The van der Waals surface area contributed by atoms with Gasteiger partial charge in [0.15, 0.2) is 5.82 Å². The predicted molar refractivity (Wildman–Crippen MR) is 55.3 cm³/mol. The van der Waals surface area contributed by atoms with Gasteiger partial charge in [-0.3, -0.25) is 0 Å². The Morgan fingerprint density at radius 2 is 2.31 bits per heavy atom. The van der Waals surface area contributed by atoms with Gasteiger partial charge in [-0.2, -0.15) is 0 Å². The molecule has 0 radical (unpaired) electrons. The molecule has 0 amide bonds. The second kappa shape index (κ2) is 5.66. The normalized spacial score (nSPS) is 8.88. The Bertz CT molecular complexity index is 469. The molecule has 0 unspecified atom stereocenters. The van der Waals surface area contributed by atoms with Gasteiger partial charge in [0.1, 0.15) is 6.29 Å². The summed E-state index contributed by atoms with van der Waals surface area (Å²) in [5.74, 6) is 3.45. The molecule has 82 valence electrons. The summed E-state index contributed by atoms with van der Waals surface area (Å²) in [6.45, 7) is 0. The van der Waals surface area contributed by atoms with Gasteiger partial charge in [0, 0.05) is 0 Å². The van der Waals surface area contributed by atoms with Crippen molar-refractivity contribution in [2.75, 3.05) is 7.11 Å². The first-order valence-corrected chi connectivity index (χ1v) is 4.50. The Labute approximate surface area is 92.2 Å². The van der Waals surface area contributed by atoms with E-state index in [1.165, 1.54) is 25.3 Å². The maximum atomic E-state index is 13.6. The summed E-state index contributed by atoms with van der Waals surface area (Å²) in [5.41, 5.74) is -0.0925. The Hall–Kier alpha value is -2.15. The maximum Gasteiger partial charge on any atom is 0.340 e. The molecule has 0 saturated carbocycles. The second-order valence-electron chi connectivity index (χ2n) is 2.83. The van der Waals surface area contributed by atoms with E-state index in [0.29, 0.717) is 6.29 Å². The van der Waals surface area contributed by atoms with Crippen LogP contribution in [0.15, 0.2) is 18.2 Å². The van der Waals surface area contributed by atoms with Crippen molar-refractivity contribution in [2.24, 2.45) is 0 Å². The number of benzene rings is 1. The molecule has 0 aromatic heterocycles. The minimum absolute atomic E-state index is 0.0297. The highest BCUT2D eigenvalue weighted by atomic mass is 19.1. The molecule has 1 aromatic carbocycles. The molecule has 0 bridgehead atoms. The zero-order valence-corrected chi connectivity index (χ0v) is 8.62. The topological polar surface area (TPSA) is 43.4 Å². The standard InChI is InChI=1S/C12H9FO3/c1-16-12(15)10-7-4-6-9(11(10)13)5-2-3-8-14/h4,6-8H,3H2,1H3. The van der Waals surface area contributed by atoms with E-state index in [4.69, 9.17) is 0 Å². The molecule has 0 spiro atoms. The van der Waals surface area contributed by atoms with Gasteiger partial charge in [0.2, 0.25) is 0 Å². The third-order valence-electron chi connectivity index (χ3n) is 1.81. The van der Waals surface area contributed by atoms with Crippen LogP contribution >= 0.6 is 0 Å². The van der Waals surface area contributed by atoms with Crippen molar-refractivity contribution in [1.29, 1.82) is 0 Å². The highest BCUT2D eigenvalue weighted by Gasteiger charge is 2.13. The number of carbonyl (C=O) groups excluding carboxylic acids is 2. The van der Waals surface area contributed by atoms with Crippen LogP contribution in [0.25, 0.3) is 0 Å². The van der Waals surface area contributed by atoms with Crippen molar-refractivity contribution in [3.05, 3.63) is 35.1 Å². The van der Waals surface area contributed by atoms with Crippen LogP contribution in [-0.2, 0) is 9.53 Å². The number of hydrogen-bond acceptors (Lipinski definition) is 3. The Balaban J connectivity index is 3.10. The van der Waals surface area contributed by atoms with Gasteiger partial charge >= 0.3 is 5.97 Å². The predicted octanol–water partition coefficient (Wildman–Crippen LogP) is 1.55. The van der Waals surface area contributed by atoms with Gasteiger partial charge in [-0.1, -0.05) is 17.9 Å². The molecule has 4 heteroatoms. The molecule has 0 heterocycles. The fourth-order valence-corrected chi connectivity index (χ4v) is 1.08. The number of aldehydes is 1. The van der Waals surface area contributed by atoms with E-state index in [-0.39, 0.29) is 17.5 Å². The number of rotatable bonds is 2. The van der Waals surface area contributed by atoms with Crippen molar-refractivity contribution in [3.63, 3.8) is 0 Å². The summed E-state index contributed by atoms with van der Waals surface area (Å²) in [4.78, 5) is 21.2. The average Bonchev–Trinajstić information content (AvgIpc) is 2.30. The van der Waals surface area contributed by atoms with E-state index >= 15 is 0 Å². The highest BCUT2D eigenvalue weighted by Crippen LogP contribution is 2.12. The molecule has 1 rings (SSSR count). The zero-order chi connectivity index (χ0) is 12.0. The third-order valence-corrected chi connectivity index (χ3v) is 1.81. The Morgan fingerprint density at radius 3 is 2.94 bits per heavy atom. The maximum absolute atomic E-state index is 13.6. The van der Waals surface area contributed by atoms with Gasteiger partial charge in [0.05, 0.1) is 24.7 Å². The average molecular weight is 220 g/mol. The first-order chi connectivity index (χ1) is 7.70. The van der Waals surface area contributed by atoms with Gasteiger partial charge in [-0.15, -0.1) is 0 Å². The molecule has 0 fully saturated rings. The molecule has 0 saturated heterocycles. The van der Waals surface area contributed by atoms with E-state index in [1.807, 2.05) is 0 Å². The lowest BCUT2D eigenvalue weighted by atomic mass is 10.1. The molecule has 0 N–H and O–H groups in total. The van der Waals surface area contributed by atoms with Gasteiger partial charge in [-0.05, 0) is 12.1 Å². The van der Waals surface area contributed by atoms with Crippen molar-refractivity contribution in [1.82, 2.24) is 0 Å². The molecule has 1 aromatic rings. The zero-order valence-electron chi connectivity index (χ0n) is 8.62. The number of hydrogen-bond donors (Lipinski definition) is 0. The lowest BCUT2D eigenvalue weighted by molar-refractivity contribution is -0.107. The lowest BCUT2D eigenvalue weighted by Crippen LogP contribution is -2.05. The molecule has 0 aliphatic heterocycles. The summed E-state index contributed by atoms with van der Waals surface area (Å²) in [5, 5.41) is 0. The van der Waals surface area contributed by atoms with E-state index in [2.05, 4.69) is 16.6 Å². The molecule has 3 nitrogen and oxygen atoms in total. The summed E-state index contributed by atoms with van der Waals surface area (Å²) in [7, 11) is 1.17. The van der Waals surface area contributed by atoms with Gasteiger partial charge in [0.25, 0.3) is 0 Å². The SMILES string of the molecule is COC(=O)c1cccc(C#CCC=O)c1F. The van der Waals surface area contributed by atoms with Crippen LogP contribution in [-0.4, -0.2) is 19.4 Å². The number of halogens is 1. The van der Waals surface area contributed by atoms with E-state index in [1.54, 1.807) is 0 Å². The van der Waals surface area contributed by atoms with Crippen molar-refractivity contribution in [2.45, 2.75) is 6.42 Å². The third kappa shape index (κ3) is 2.67. The largest absolute Gasteiger partial charge is 0.465 e. The van der Waals surface area contributed by atoms with Gasteiger partial charge in [-0.25, -0.2) is 9.18 Å². The molecule has 0 atom stereocenters. The molecule has 16 heavy (non-hydrogen) atoms. The fourth-order valence-electron chi connectivity index (χ4n) is 1.08. The molecular formula is C12H9FO3. The van der Waals surface area contributed by atoms with Crippen molar-refractivity contribution < 1.29 is 18.7 Å². The van der Waals surface area contributed by atoms with E-state index in [0.717, 1.165) is 0 Å². The fraction of sp³-hybridized carbons (Fsp3) is 0.167. The number of carbonyl (C=O) groups is 2. The van der Waals surface area contributed by atoms with Crippen molar-refractivity contribution >= 4 is 12.3 Å². The Morgan fingerprint density at radius 1 is 1.56 bits per heavy atom. The van der Waals surface area contributed by atoms with Crippen LogP contribution in [0.3, 0.4) is 0 Å². The quantitative estimate of drug-likeness (QED) is 0.431. The minimum atomic E-state index is -0.753. The van der Waals surface area contributed by atoms with Crippen molar-refractivity contribution in [3.8, 4) is 11.8 Å². The monoisotopic (exact) mass is 220 g/mol. The Kier molecular flexibility index (Phi) is 4.22. The van der Waals surface area contributed by atoms with Crippen LogP contribution in [0.1, 0.15) is 22.3 Å². The van der Waals surface area contributed by atoms with Crippen LogP contribution in [0, 0.1) is 17.7 Å². The first-order valence-electron chi connectivity index (χ1n) is 4.50. The number of esters is 1. The summed E-state index contributed by atoms with van der Waals surface area (Å²) in [6, 6.07) is 4.24.